The first-order valence-electron chi connectivity index (χ1n) is 8.85. The lowest BCUT2D eigenvalue weighted by Crippen LogP contribution is -2.12. The molecule has 1 aromatic heterocycles. The normalized spacial score (nSPS) is 14.4. The van der Waals surface area contributed by atoms with Crippen molar-refractivity contribution >= 4 is 23.6 Å². The molecule has 0 saturated carbocycles. The molecule has 0 bridgehead atoms. The third kappa shape index (κ3) is 4.04. The van der Waals surface area contributed by atoms with E-state index in [0.29, 0.717) is 17.1 Å². The van der Waals surface area contributed by atoms with E-state index in [4.69, 9.17) is 5.73 Å². The maximum Gasteiger partial charge on any atom is 0.141 e. The van der Waals surface area contributed by atoms with Crippen LogP contribution in [0.4, 0.5) is 15.9 Å². The van der Waals surface area contributed by atoms with E-state index < -0.39 is 0 Å². The van der Waals surface area contributed by atoms with Crippen LogP contribution in [0, 0.1) is 5.82 Å². The summed E-state index contributed by atoms with van der Waals surface area (Å²) in [5.74, 6) is -0.0279. The molecular formula is C20H20FN5S. The van der Waals surface area contributed by atoms with Gasteiger partial charge in [0.05, 0.1) is 23.8 Å². The van der Waals surface area contributed by atoms with Crippen molar-refractivity contribution < 1.29 is 4.39 Å². The van der Waals surface area contributed by atoms with Crippen LogP contribution in [0.3, 0.4) is 0 Å². The summed E-state index contributed by atoms with van der Waals surface area (Å²) in [7, 11) is 0. The van der Waals surface area contributed by atoms with Gasteiger partial charge in [-0.05, 0) is 36.6 Å². The molecule has 2 heterocycles. The number of para-hydroxylation sites is 1. The van der Waals surface area contributed by atoms with Gasteiger partial charge in [-0.2, -0.15) is 0 Å². The average molecular weight is 381 g/mol. The summed E-state index contributed by atoms with van der Waals surface area (Å²) in [6, 6.07) is 13.1. The van der Waals surface area contributed by atoms with Crippen LogP contribution in [-0.2, 0) is 0 Å². The van der Waals surface area contributed by atoms with Gasteiger partial charge in [-0.1, -0.05) is 24.3 Å². The van der Waals surface area contributed by atoms with Crippen LogP contribution in [0.1, 0.15) is 12.8 Å². The highest BCUT2D eigenvalue weighted by atomic mass is 32.2. The molecule has 0 radical (unpaired) electrons. The minimum atomic E-state index is -0.339. The van der Waals surface area contributed by atoms with Crippen LogP contribution in [0.5, 0.6) is 0 Å². The van der Waals surface area contributed by atoms with Crippen molar-refractivity contribution in [2.45, 2.75) is 12.8 Å². The molecular weight excluding hydrogens is 361 g/mol. The zero-order valence-corrected chi connectivity index (χ0v) is 15.5. The summed E-state index contributed by atoms with van der Waals surface area (Å²) < 4.78 is 20.5. The Kier molecular flexibility index (Phi) is 5.22. The number of aromatic nitrogens is 2. The number of nitrogens with zero attached hydrogens (tertiary/aromatic N) is 3. The van der Waals surface area contributed by atoms with Gasteiger partial charge in [0.2, 0.25) is 0 Å². The van der Waals surface area contributed by atoms with Crippen molar-refractivity contribution in [3.05, 3.63) is 60.7 Å². The van der Waals surface area contributed by atoms with Crippen LogP contribution in [0.25, 0.3) is 22.4 Å². The predicted octanol–water partition coefficient (Wildman–Crippen LogP) is 4.60. The van der Waals surface area contributed by atoms with Gasteiger partial charge in [0, 0.05) is 36.4 Å². The van der Waals surface area contributed by atoms with Crippen LogP contribution in [-0.4, -0.2) is 27.4 Å². The van der Waals surface area contributed by atoms with Crippen molar-refractivity contribution in [3.63, 3.8) is 0 Å². The number of anilines is 2. The van der Waals surface area contributed by atoms with E-state index in [0.717, 1.165) is 29.9 Å². The van der Waals surface area contributed by atoms with E-state index in [1.807, 2.05) is 30.3 Å². The molecule has 0 aliphatic carbocycles. The molecule has 3 aromatic rings. The fourth-order valence-corrected chi connectivity index (χ4v) is 3.93. The van der Waals surface area contributed by atoms with Gasteiger partial charge in [0.25, 0.3) is 0 Å². The van der Waals surface area contributed by atoms with Gasteiger partial charge < -0.3 is 10.5 Å². The van der Waals surface area contributed by atoms with Crippen LogP contribution in [0.15, 0.2) is 54.9 Å². The Hall–Kier alpha value is -2.64. The van der Waals surface area contributed by atoms with Gasteiger partial charge in [-0.3, -0.25) is 4.98 Å². The number of nitrogen functional groups attached to an aromatic ring is 1. The standard InChI is InChI=1S/C20H20FN5S/c21-17-11-14(7-8-16(17)19-12-24-20(22)13-23-19)15-5-1-2-6-18(15)25-27-26-9-3-4-10-26/h1-2,5-8,11-13,25H,3-4,9-10H2,(H2,22,24). The average Bonchev–Trinajstić information content (AvgIpc) is 3.21. The first-order chi connectivity index (χ1) is 13.2. The lowest BCUT2D eigenvalue weighted by molar-refractivity contribution is 0.589. The van der Waals surface area contributed by atoms with E-state index >= 15 is 0 Å². The van der Waals surface area contributed by atoms with Crippen LogP contribution >= 0.6 is 12.1 Å². The Balaban J connectivity index is 1.60. The molecule has 5 nitrogen and oxygen atoms in total. The summed E-state index contributed by atoms with van der Waals surface area (Å²) in [6.45, 7) is 2.18. The maximum atomic E-state index is 14.8. The molecule has 1 aliphatic rings. The third-order valence-electron chi connectivity index (χ3n) is 4.50. The Morgan fingerprint density at radius 2 is 1.81 bits per heavy atom. The first-order valence-corrected chi connectivity index (χ1v) is 9.63. The topological polar surface area (TPSA) is 67.1 Å². The Bertz CT molecular complexity index is 926. The molecule has 4 rings (SSSR count). The van der Waals surface area contributed by atoms with Crippen molar-refractivity contribution in [2.75, 3.05) is 23.5 Å². The number of hydrogen-bond donors (Lipinski definition) is 2. The second-order valence-corrected chi connectivity index (χ2v) is 7.30. The van der Waals surface area contributed by atoms with E-state index in [1.165, 1.54) is 31.3 Å². The molecule has 1 fully saturated rings. The number of hydrogen-bond acceptors (Lipinski definition) is 6. The maximum absolute atomic E-state index is 14.8. The van der Waals surface area contributed by atoms with Crippen molar-refractivity contribution in [2.24, 2.45) is 0 Å². The molecule has 0 amide bonds. The molecule has 7 heteroatoms. The second kappa shape index (κ2) is 7.94. The summed E-state index contributed by atoms with van der Waals surface area (Å²) >= 11 is 1.61. The zero-order chi connectivity index (χ0) is 18.6. The molecule has 1 saturated heterocycles. The smallest absolute Gasteiger partial charge is 0.141 e. The second-order valence-electron chi connectivity index (χ2n) is 6.40. The fourth-order valence-electron chi connectivity index (χ4n) is 3.08. The molecule has 0 unspecified atom stereocenters. The monoisotopic (exact) mass is 381 g/mol. The Labute approximate surface area is 162 Å². The number of nitrogens with one attached hydrogen (secondary N) is 1. The van der Waals surface area contributed by atoms with E-state index in [9.17, 15) is 4.39 Å². The largest absolute Gasteiger partial charge is 0.382 e. The summed E-state index contributed by atoms with van der Waals surface area (Å²) in [5.41, 5.74) is 9.15. The van der Waals surface area contributed by atoms with Gasteiger partial charge in [0.15, 0.2) is 0 Å². The van der Waals surface area contributed by atoms with E-state index in [2.05, 4.69) is 19.0 Å². The lowest BCUT2D eigenvalue weighted by Gasteiger charge is -2.17. The van der Waals surface area contributed by atoms with Crippen molar-refractivity contribution in [3.8, 4) is 22.4 Å². The number of halogens is 1. The van der Waals surface area contributed by atoms with Gasteiger partial charge in [0.1, 0.15) is 11.6 Å². The van der Waals surface area contributed by atoms with Gasteiger partial charge >= 0.3 is 0 Å². The Morgan fingerprint density at radius 3 is 2.56 bits per heavy atom. The summed E-state index contributed by atoms with van der Waals surface area (Å²) in [5, 5.41) is 0. The molecule has 0 atom stereocenters. The van der Waals surface area contributed by atoms with Crippen LogP contribution in [0.2, 0.25) is 0 Å². The fraction of sp³-hybridized carbons (Fsp3) is 0.200. The molecule has 0 spiro atoms. The minimum Gasteiger partial charge on any atom is -0.382 e. The number of nitrogens with two attached hydrogens (primary N) is 1. The quantitative estimate of drug-likeness (QED) is 0.630. The van der Waals surface area contributed by atoms with E-state index in [1.54, 1.807) is 18.2 Å². The highest BCUT2D eigenvalue weighted by Crippen LogP contribution is 2.33. The molecule has 2 aromatic carbocycles. The van der Waals surface area contributed by atoms with Crippen molar-refractivity contribution in [1.82, 2.24) is 14.3 Å². The van der Waals surface area contributed by atoms with E-state index in [-0.39, 0.29) is 5.82 Å². The Morgan fingerprint density at radius 1 is 1.00 bits per heavy atom. The highest BCUT2D eigenvalue weighted by Gasteiger charge is 2.14. The van der Waals surface area contributed by atoms with Crippen LogP contribution < -0.4 is 10.5 Å². The van der Waals surface area contributed by atoms with Gasteiger partial charge in [-0.15, -0.1) is 0 Å². The minimum absolute atomic E-state index is 0.311. The van der Waals surface area contributed by atoms with Gasteiger partial charge in [-0.25, -0.2) is 13.7 Å². The predicted molar refractivity (Wildman–Crippen MR) is 109 cm³/mol. The third-order valence-corrected chi connectivity index (χ3v) is 5.44. The molecule has 1 aliphatic heterocycles. The lowest BCUT2D eigenvalue weighted by atomic mass is 10.0. The first kappa shape index (κ1) is 17.8. The molecule has 27 heavy (non-hydrogen) atoms. The number of rotatable bonds is 5. The zero-order valence-electron chi connectivity index (χ0n) is 14.7. The molecule has 3 N–H and O–H groups in total. The highest BCUT2D eigenvalue weighted by molar-refractivity contribution is 7.98. The van der Waals surface area contributed by atoms with Crippen molar-refractivity contribution in [1.29, 1.82) is 0 Å². The summed E-state index contributed by atoms with van der Waals surface area (Å²) in [6.07, 6.45) is 5.38. The number of benzene rings is 2. The SMILES string of the molecule is Nc1cnc(-c2ccc(-c3ccccc3NSN3CCCC3)cc2F)cn1. The summed E-state index contributed by atoms with van der Waals surface area (Å²) in [4.78, 5) is 8.14. The molecule has 138 valence electrons.